The van der Waals surface area contributed by atoms with Gasteiger partial charge in [-0.15, -0.1) is 0 Å². The predicted octanol–water partition coefficient (Wildman–Crippen LogP) is 2.84. The summed E-state index contributed by atoms with van der Waals surface area (Å²) in [6.45, 7) is 3.40. The average molecular weight is 314 g/mol. The third-order valence-corrected chi connectivity index (χ3v) is 3.80. The molecule has 1 N–H and O–H groups in total. The molecule has 0 fully saturated rings. The second-order valence-corrected chi connectivity index (χ2v) is 6.94. The van der Waals surface area contributed by atoms with Crippen molar-refractivity contribution in [1.29, 1.82) is 0 Å². The Bertz CT molecular complexity index is 497. The molecule has 0 unspecified atom stereocenters. The molecule has 0 aliphatic carbocycles. The van der Waals surface area contributed by atoms with Gasteiger partial charge in [0.1, 0.15) is 5.75 Å². The lowest BCUT2D eigenvalue weighted by molar-refractivity contribution is 0.466. The number of halogens is 2. The third kappa shape index (κ3) is 3.09. The van der Waals surface area contributed by atoms with Gasteiger partial charge in [-0.1, -0.05) is 15.9 Å². The fraction of sp³-hybridized carbons (Fsp3) is 0.333. The highest BCUT2D eigenvalue weighted by molar-refractivity contribution is 9.10. The molecule has 0 aromatic heterocycles. The maximum absolute atomic E-state index is 11.0. The van der Waals surface area contributed by atoms with Gasteiger partial charge >= 0.3 is 0 Å². The van der Waals surface area contributed by atoms with E-state index in [1.807, 2.05) is 0 Å². The quantitative estimate of drug-likeness (QED) is 0.854. The summed E-state index contributed by atoms with van der Waals surface area (Å²) in [5, 5.41) is 9.65. The first-order valence-corrected chi connectivity index (χ1v) is 7.39. The summed E-state index contributed by atoms with van der Waals surface area (Å²) in [6.07, 6.45) is 0. The van der Waals surface area contributed by atoms with Crippen molar-refractivity contribution >= 4 is 35.7 Å². The zero-order valence-corrected chi connectivity index (χ0v) is 11.4. The van der Waals surface area contributed by atoms with Gasteiger partial charge in [0.2, 0.25) is 9.05 Å². The molecule has 0 spiro atoms. The Morgan fingerprint density at radius 3 is 2.47 bits per heavy atom. The predicted molar refractivity (Wildman–Crippen MR) is 63.8 cm³/mol. The Hall–Kier alpha value is -0.260. The molecule has 0 radical (unpaired) electrons. The second-order valence-electron chi connectivity index (χ2n) is 3.31. The molecule has 0 heterocycles. The van der Waals surface area contributed by atoms with Gasteiger partial charge in [-0.3, -0.25) is 0 Å². The Labute approximate surface area is 102 Å². The number of rotatable bonds is 2. The average Bonchev–Trinajstić information content (AvgIpc) is 2.07. The summed E-state index contributed by atoms with van der Waals surface area (Å²) in [6, 6.07) is 1.67. The molecule has 0 aliphatic heterocycles. The maximum atomic E-state index is 11.0. The van der Waals surface area contributed by atoms with Gasteiger partial charge in [-0.05, 0) is 36.6 Å². The number of benzene rings is 1. The molecule has 15 heavy (non-hydrogen) atoms. The van der Waals surface area contributed by atoms with Crippen molar-refractivity contribution < 1.29 is 13.5 Å². The molecule has 3 nitrogen and oxygen atoms in total. The van der Waals surface area contributed by atoms with Gasteiger partial charge in [0, 0.05) is 15.2 Å². The van der Waals surface area contributed by atoms with Crippen LogP contribution in [-0.4, -0.2) is 13.5 Å². The minimum Gasteiger partial charge on any atom is -0.507 e. The summed E-state index contributed by atoms with van der Waals surface area (Å²) in [5.74, 6) is -0.192. The number of hydrogen-bond donors (Lipinski definition) is 1. The maximum Gasteiger partial charge on any atom is 0.236 e. The lowest BCUT2D eigenvalue weighted by Gasteiger charge is -2.11. The van der Waals surface area contributed by atoms with Crippen LogP contribution in [0.5, 0.6) is 5.75 Å². The molecule has 0 aliphatic rings. The standard InChI is InChI=1S/C9H10BrClO3S/c1-5-3-8(10)7(4-15(11,13)14)6(2)9(5)12/h3,12H,4H2,1-2H3. The second kappa shape index (κ2) is 4.31. The highest BCUT2D eigenvalue weighted by atomic mass is 79.9. The molecule has 0 saturated heterocycles. The topological polar surface area (TPSA) is 54.4 Å². The van der Waals surface area contributed by atoms with Crippen molar-refractivity contribution in [2.75, 3.05) is 0 Å². The largest absolute Gasteiger partial charge is 0.507 e. The molecule has 84 valence electrons. The lowest BCUT2D eigenvalue weighted by atomic mass is 10.1. The van der Waals surface area contributed by atoms with E-state index < -0.39 is 9.05 Å². The zero-order chi connectivity index (χ0) is 11.8. The molecule has 0 atom stereocenters. The van der Waals surface area contributed by atoms with Crippen LogP contribution in [0.4, 0.5) is 0 Å². The normalized spacial score (nSPS) is 11.7. The fourth-order valence-electron chi connectivity index (χ4n) is 1.31. The van der Waals surface area contributed by atoms with Gasteiger partial charge in [-0.2, -0.15) is 0 Å². The molecule has 0 saturated carbocycles. The summed E-state index contributed by atoms with van der Waals surface area (Å²) in [5.41, 5.74) is 1.72. The summed E-state index contributed by atoms with van der Waals surface area (Å²) in [7, 11) is 1.55. The van der Waals surface area contributed by atoms with Gasteiger partial charge in [-0.25, -0.2) is 8.42 Å². The molecule has 1 aromatic rings. The van der Waals surface area contributed by atoms with Crippen molar-refractivity contribution in [3.05, 3.63) is 27.2 Å². The molecular weight excluding hydrogens is 304 g/mol. The van der Waals surface area contributed by atoms with Crippen molar-refractivity contribution in [2.24, 2.45) is 0 Å². The third-order valence-electron chi connectivity index (χ3n) is 2.13. The van der Waals surface area contributed by atoms with Crippen LogP contribution >= 0.6 is 26.6 Å². The molecule has 0 amide bonds. The van der Waals surface area contributed by atoms with E-state index in [9.17, 15) is 13.5 Å². The van der Waals surface area contributed by atoms with Crippen LogP contribution in [0.25, 0.3) is 0 Å². The van der Waals surface area contributed by atoms with Gasteiger partial charge in [0.25, 0.3) is 0 Å². The highest BCUT2D eigenvalue weighted by Gasteiger charge is 2.16. The number of phenols is 1. The molecule has 0 bridgehead atoms. The Balaban J connectivity index is 3.37. The minimum absolute atomic E-state index is 0.105. The van der Waals surface area contributed by atoms with Crippen LogP contribution in [-0.2, 0) is 14.8 Å². The van der Waals surface area contributed by atoms with E-state index in [1.165, 1.54) is 0 Å². The first-order chi connectivity index (χ1) is 6.72. The van der Waals surface area contributed by atoms with E-state index in [0.717, 1.165) is 0 Å². The first-order valence-electron chi connectivity index (χ1n) is 4.12. The monoisotopic (exact) mass is 312 g/mol. The number of phenolic OH excluding ortho intramolecular Hbond substituents is 1. The van der Waals surface area contributed by atoms with Crippen LogP contribution in [0.3, 0.4) is 0 Å². The number of hydrogen-bond acceptors (Lipinski definition) is 3. The van der Waals surface area contributed by atoms with E-state index in [4.69, 9.17) is 10.7 Å². The van der Waals surface area contributed by atoms with Crippen molar-refractivity contribution in [3.63, 3.8) is 0 Å². The summed E-state index contributed by atoms with van der Waals surface area (Å²) >= 11 is 3.25. The number of aromatic hydroxyl groups is 1. The van der Waals surface area contributed by atoms with E-state index >= 15 is 0 Å². The molecule has 1 rings (SSSR count). The van der Waals surface area contributed by atoms with Gasteiger partial charge < -0.3 is 5.11 Å². The SMILES string of the molecule is Cc1cc(Br)c(CS(=O)(=O)Cl)c(C)c1O. The first kappa shape index (κ1) is 12.8. The van der Waals surface area contributed by atoms with Crippen LogP contribution in [0.2, 0.25) is 0 Å². The molecule has 1 aromatic carbocycles. The molecular formula is C9H10BrClO3S. The number of aryl methyl sites for hydroxylation is 1. The zero-order valence-electron chi connectivity index (χ0n) is 8.21. The van der Waals surface area contributed by atoms with Gasteiger partial charge in [0.05, 0.1) is 5.75 Å². The Kier molecular flexibility index (Phi) is 3.68. The van der Waals surface area contributed by atoms with Crippen LogP contribution in [0, 0.1) is 13.8 Å². The van der Waals surface area contributed by atoms with Crippen LogP contribution in [0.15, 0.2) is 10.5 Å². The smallest absolute Gasteiger partial charge is 0.236 e. The van der Waals surface area contributed by atoms with Crippen LogP contribution < -0.4 is 0 Å². The molecule has 6 heteroatoms. The fourth-order valence-corrected chi connectivity index (χ4v) is 3.32. The highest BCUT2D eigenvalue weighted by Crippen LogP contribution is 2.32. The van der Waals surface area contributed by atoms with E-state index in [0.29, 0.717) is 21.2 Å². The summed E-state index contributed by atoms with van der Waals surface area (Å²) in [4.78, 5) is 0. The van der Waals surface area contributed by atoms with Crippen molar-refractivity contribution in [3.8, 4) is 5.75 Å². The van der Waals surface area contributed by atoms with Crippen molar-refractivity contribution in [2.45, 2.75) is 19.6 Å². The lowest BCUT2D eigenvalue weighted by Crippen LogP contribution is -2.00. The van der Waals surface area contributed by atoms with E-state index in [1.54, 1.807) is 19.9 Å². The Morgan fingerprint density at radius 1 is 1.47 bits per heavy atom. The van der Waals surface area contributed by atoms with Crippen LogP contribution in [0.1, 0.15) is 16.7 Å². The Morgan fingerprint density at radius 2 is 2.00 bits per heavy atom. The van der Waals surface area contributed by atoms with E-state index in [-0.39, 0.29) is 11.5 Å². The van der Waals surface area contributed by atoms with Crippen molar-refractivity contribution in [1.82, 2.24) is 0 Å². The van der Waals surface area contributed by atoms with E-state index in [2.05, 4.69) is 15.9 Å². The van der Waals surface area contributed by atoms with Gasteiger partial charge in [0.15, 0.2) is 0 Å². The summed E-state index contributed by atoms with van der Waals surface area (Å²) < 4.78 is 22.6. The minimum atomic E-state index is -3.62.